The van der Waals surface area contributed by atoms with Gasteiger partial charge < -0.3 is 5.32 Å². The van der Waals surface area contributed by atoms with Gasteiger partial charge in [0.15, 0.2) is 0 Å². The predicted octanol–water partition coefficient (Wildman–Crippen LogP) is 2.62. The molecule has 1 amide bonds. The molecule has 1 aromatic rings. The molecule has 0 radical (unpaired) electrons. The van der Waals surface area contributed by atoms with Crippen LogP contribution in [0.15, 0.2) is 23.1 Å². The normalized spacial score (nSPS) is 13.1. The summed E-state index contributed by atoms with van der Waals surface area (Å²) in [7, 11) is -3.67. The number of likely N-dealkylation sites (N-methyl/N-ethyl adjacent to an activating group) is 1. The minimum Gasteiger partial charge on any atom is -0.353 e. The summed E-state index contributed by atoms with van der Waals surface area (Å²) in [5.74, 6) is -0.262. The second-order valence-electron chi connectivity index (χ2n) is 5.96. The van der Waals surface area contributed by atoms with E-state index >= 15 is 0 Å². The molecule has 0 saturated heterocycles. The van der Waals surface area contributed by atoms with Crippen molar-refractivity contribution in [3.05, 3.63) is 29.3 Å². The van der Waals surface area contributed by atoms with Crippen LogP contribution in [-0.2, 0) is 14.8 Å². The standard InChI is InChI=1S/C17H28N2O3S/c1-6-8-15(5)18-17(20)12-19(7-2)23(21,22)16-11-13(3)9-10-14(16)4/h9-11,15H,6-8,12H2,1-5H3,(H,18,20)/t15-/m1/s1. The molecule has 5 nitrogen and oxygen atoms in total. The van der Waals surface area contributed by atoms with Gasteiger partial charge in [-0.1, -0.05) is 32.4 Å². The van der Waals surface area contributed by atoms with Crippen LogP contribution in [0.2, 0.25) is 0 Å². The SMILES string of the molecule is CCC[C@@H](C)NC(=O)CN(CC)S(=O)(=O)c1cc(C)ccc1C. The van der Waals surface area contributed by atoms with E-state index in [1.165, 1.54) is 4.31 Å². The van der Waals surface area contributed by atoms with Crippen LogP contribution in [0.1, 0.15) is 44.7 Å². The Labute approximate surface area is 140 Å². The van der Waals surface area contributed by atoms with Crippen molar-refractivity contribution >= 4 is 15.9 Å². The van der Waals surface area contributed by atoms with E-state index in [4.69, 9.17) is 0 Å². The first kappa shape index (κ1) is 19.6. The fourth-order valence-corrected chi connectivity index (χ4v) is 4.19. The summed E-state index contributed by atoms with van der Waals surface area (Å²) in [6.45, 7) is 9.44. The van der Waals surface area contributed by atoms with Crippen LogP contribution in [-0.4, -0.2) is 37.8 Å². The van der Waals surface area contributed by atoms with Crippen molar-refractivity contribution in [3.63, 3.8) is 0 Å². The number of sulfonamides is 1. The molecule has 0 spiro atoms. The third-order valence-corrected chi connectivity index (χ3v) is 5.83. The third-order valence-electron chi connectivity index (χ3n) is 3.76. The molecule has 1 atom stereocenters. The van der Waals surface area contributed by atoms with E-state index in [2.05, 4.69) is 5.32 Å². The number of benzene rings is 1. The van der Waals surface area contributed by atoms with Gasteiger partial charge in [-0.2, -0.15) is 4.31 Å². The Balaban J connectivity index is 2.95. The molecule has 23 heavy (non-hydrogen) atoms. The summed E-state index contributed by atoms with van der Waals surface area (Å²) in [6.07, 6.45) is 1.85. The fraction of sp³-hybridized carbons (Fsp3) is 0.588. The zero-order valence-electron chi connectivity index (χ0n) is 14.7. The molecule has 0 aliphatic heterocycles. The van der Waals surface area contributed by atoms with E-state index in [0.29, 0.717) is 5.56 Å². The molecule has 0 aliphatic carbocycles. The summed E-state index contributed by atoms with van der Waals surface area (Å²) in [5.41, 5.74) is 1.57. The molecule has 0 unspecified atom stereocenters. The molecular formula is C17H28N2O3S. The van der Waals surface area contributed by atoms with Crippen molar-refractivity contribution in [1.82, 2.24) is 9.62 Å². The number of carbonyl (C=O) groups excluding carboxylic acids is 1. The van der Waals surface area contributed by atoms with Gasteiger partial charge in [-0.05, 0) is 44.4 Å². The monoisotopic (exact) mass is 340 g/mol. The Kier molecular flexibility index (Phi) is 7.22. The van der Waals surface area contributed by atoms with Crippen molar-refractivity contribution in [3.8, 4) is 0 Å². The molecule has 0 heterocycles. The van der Waals surface area contributed by atoms with Gasteiger partial charge in [0.05, 0.1) is 11.4 Å². The molecule has 1 aromatic carbocycles. The average Bonchev–Trinajstić information content (AvgIpc) is 2.47. The van der Waals surface area contributed by atoms with Gasteiger partial charge in [0.2, 0.25) is 15.9 Å². The highest BCUT2D eigenvalue weighted by Crippen LogP contribution is 2.21. The van der Waals surface area contributed by atoms with Crippen LogP contribution in [0.5, 0.6) is 0 Å². The highest BCUT2D eigenvalue weighted by molar-refractivity contribution is 7.89. The van der Waals surface area contributed by atoms with Crippen LogP contribution in [0.3, 0.4) is 0 Å². The first-order chi connectivity index (χ1) is 10.7. The van der Waals surface area contributed by atoms with Crippen molar-refractivity contribution in [2.24, 2.45) is 0 Å². The zero-order chi connectivity index (χ0) is 17.6. The van der Waals surface area contributed by atoms with Gasteiger partial charge in [0.1, 0.15) is 0 Å². The molecule has 130 valence electrons. The highest BCUT2D eigenvalue weighted by atomic mass is 32.2. The third kappa shape index (κ3) is 5.32. The van der Waals surface area contributed by atoms with Crippen LogP contribution >= 0.6 is 0 Å². The lowest BCUT2D eigenvalue weighted by Crippen LogP contribution is -2.43. The van der Waals surface area contributed by atoms with Crippen LogP contribution < -0.4 is 5.32 Å². The number of nitrogens with zero attached hydrogens (tertiary/aromatic N) is 1. The smallest absolute Gasteiger partial charge is 0.243 e. The zero-order valence-corrected chi connectivity index (χ0v) is 15.5. The topological polar surface area (TPSA) is 66.5 Å². The van der Waals surface area contributed by atoms with Crippen LogP contribution in [0.4, 0.5) is 0 Å². The van der Waals surface area contributed by atoms with E-state index in [-0.39, 0.29) is 29.9 Å². The molecule has 0 bridgehead atoms. The number of hydrogen-bond donors (Lipinski definition) is 1. The lowest BCUT2D eigenvalue weighted by Gasteiger charge is -2.22. The molecule has 0 aromatic heterocycles. The van der Waals surface area contributed by atoms with Crippen molar-refractivity contribution in [2.75, 3.05) is 13.1 Å². The van der Waals surface area contributed by atoms with Crippen LogP contribution in [0.25, 0.3) is 0 Å². The minimum atomic E-state index is -3.67. The van der Waals surface area contributed by atoms with Gasteiger partial charge in [-0.3, -0.25) is 4.79 Å². The maximum Gasteiger partial charge on any atom is 0.243 e. The van der Waals surface area contributed by atoms with Crippen molar-refractivity contribution in [1.29, 1.82) is 0 Å². The number of aryl methyl sites for hydroxylation is 2. The summed E-state index contributed by atoms with van der Waals surface area (Å²) in [5, 5.41) is 2.85. The predicted molar refractivity (Wildman–Crippen MR) is 92.9 cm³/mol. The second-order valence-corrected chi connectivity index (χ2v) is 7.86. The number of nitrogens with one attached hydrogen (secondary N) is 1. The van der Waals surface area contributed by atoms with Gasteiger partial charge >= 0.3 is 0 Å². The second kappa shape index (κ2) is 8.45. The Morgan fingerprint density at radius 3 is 2.48 bits per heavy atom. The van der Waals surface area contributed by atoms with E-state index in [1.54, 1.807) is 26.0 Å². The van der Waals surface area contributed by atoms with Gasteiger partial charge in [0.25, 0.3) is 0 Å². The van der Waals surface area contributed by atoms with E-state index in [1.807, 2.05) is 26.8 Å². The average molecular weight is 340 g/mol. The molecule has 0 aliphatic rings. The number of amides is 1. The van der Waals surface area contributed by atoms with E-state index in [9.17, 15) is 13.2 Å². The Morgan fingerprint density at radius 1 is 1.26 bits per heavy atom. The fourth-order valence-electron chi connectivity index (χ4n) is 2.48. The molecule has 1 rings (SSSR count). The van der Waals surface area contributed by atoms with Crippen LogP contribution in [0, 0.1) is 13.8 Å². The van der Waals surface area contributed by atoms with Crippen molar-refractivity contribution < 1.29 is 13.2 Å². The summed E-state index contributed by atoms with van der Waals surface area (Å²) >= 11 is 0. The Morgan fingerprint density at radius 2 is 1.91 bits per heavy atom. The molecule has 0 saturated carbocycles. The number of carbonyl (C=O) groups is 1. The highest BCUT2D eigenvalue weighted by Gasteiger charge is 2.27. The minimum absolute atomic E-state index is 0.0506. The maximum atomic E-state index is 12.8. The lowest BCUT2D eigenvalue weighted by atomic mass is 10.2. The maximum absolute atomic E-state index is 12.8. The van der Waals surface area contributed by atoms with E-state index in [0.717, 1.165) is 18.4 Å². The van der Waals surface area contributed by atoms with Gasteiger partial charge in [0, 0.05) is 12.6 Å². The summed E-state index contributed by atoms with van der Waals surface area (Å²) < 4.78 is 26.9. The quantitative estimate of drug-likeness (QED) is 0.791. The Hall–Kier alpha value is -1.40. The molecule has 1 N–H and O–H groups in total. The van der Waals surface area contributed by atoms with Crippen molar-refractivity contribution in [2.45, 2.75) is 58.4 Å². The summed E-state index contributed by atoms with van der Waals surface area (Å²) in [6, 6.07) is 5.38. The molecular weight excluding hydrogens is 312 g/mol. The summed E-state index contributed by atoms with van der Waals surface area (Å²) in [4.78, 5) is 12.4. The first-order valence-electron chi connectivity index (χ1n) is 8.09. The first-order valence-corrected chi connectivity index (χ1v) is 9.53. The number of hydrogen-bond acceptors (Lipinski definition) is 3. The van der Waals surface area contributed by atoms with Gasteiger partial charge in [-0.15, -0.1) is 0 Å². The Bertz CT molecular complexity index is 641. The lowest BCUT2D eigenvalue weighted by molar-refractivity contribution is -0.121. The van der Waals surface area contributed by atoms with E-state index < -0.39 is 10.0 Å². The molecule has 0 fully saturated rings. The molecule has 6 heteroatoms. The van der Waals surface area contributed by atoms with Gasteiger partial charge in [-0.25, -0.2) is 8.42 Å². The largest absolute Gasteiger partial charge is 0.353 e. The number of rotatable bonds is 8.